The second-order valence-corrected chi connectivity index (χ2v) is 6.48. The normalized spacial score (nSPS) is 20.0. The van der Waals surface area contributed by atoms with Crippen molar-refractivity contribution in [1.82, 2.24) is 20.0 Å². The Kier molecular flexibility index (Phi) is 5.27. The molecule has 0 radical (unpaired) electrons. The molecule has 0 unspecified atom stereocenters. The van der Waals surface area contributed by atoms with E-state index in [0.29, 0.717) is 19.0 Å². The van der Waals surface area contributed by atoms with E-state index in [4.69, 9.17) is 4.74 Å². The lowest BCUT2D eigenvalue weighted by Crippen LogP contribution is -2.47. The Morgan fingerprint density at radius 1 is 1.08 bits per heavy atom. The number of ether oxygens (including phenoxy) is 1. The molecule has 3 heterocycles. The molecule has 7 heteroatoms. The van der Waals surface area contributed by atoms with Gasteiger partial charge in [0.1, 0.15) is 6.10 Å². The molecule has 0 bridgehead atoms. The van der Waals surface area contributed by atoms with E-state index in [1.807, 2.05) is 9.80 Å². The standard InChI is InChI=1S/C17H24N4O3/c1-13(22)20-9-4-14(5-10-20)17(23)21-11-6-15(7-12-21)24-16-3-2-8-18-19-16/h2-3,8,14-15H,4-7,9-12H2,1H3. The summed E-state index contributed by atoms with van der Waals surface area (Å²) in [5.41, 5.74) is 0. The average Bonchev–Trinajstić information content (AvgIpc) is 2.63. The first-order valence-electron chi connectivity index (χ1n) is 8.62. The van der Waals surface area contributed by atoms with Crippen molar-refractivity contribution in [3.05, 3.63) is 18.3 Å². The van der Waals surface area contributed by atoms with Gasteiger partial charge in [-0.2, -0.15) is 5.10 Å². The summed E-state index contributed by atoms with van der Waals surface area (Å²) >= 11 is 0. The largest absolute Gasteiger partial charge is 0.473 e. The number of amides is 2. The Morgan fingerprint density at radius 2 is 1.75 bits per heavy atom. The Labute approximate surface area is 142 Å². The fraction of sp³-hybridized carbons (Fsp3) is 0.647. The van der Waals surface area contributed by atoms with Crippen LogP contribution in [0.1, 0.15) is 32.6 Å². The highest BCUT2D eigenvalue weighted by atomic mass is 16.5. The van der Waals surface area contributed by atoms with Crippen LogP contribution in [0.3, 0.4) is 0 Å². The van der Waals surface area contributed by atoms with Gasteiger partial charge in [0.2, 0.25) is 17.7 Å². The quantitative estimate of drug-likeness (QED) is 0.829. The zero-order valence-corrected chi connectivity index (χ0v) is 14.1. The third-order valence-corrected chi connectivity index (χ3v) is 4.88. The van der Waals surface area contributed by atoms with E-state index in [9.17, 15) is 9.59 Å². The number of carbonyl (C=O) groups is 2. The lowest BCUT2D eigenvalue weighted by molar-refractivity contribution is -0.141. The van der Waals surface area contributed by atoms with Crippen LogP contribution >= 0.6 is 0 Å². The number of nitrogens with zero attached hydrogens (tertiary/aromatic N) is 4. The van der Waals surface area contributed by atoms with Gasteiger partial charge in [0.25, 0.3) is 0 Å². The summed E-state index contributed by atoms with van der Waals surface area (Å²) in [5.74, 6) is 0.927. The molecule has 2 aliphatic rings. The van der Waals surface area contributed by atoms with Gasteiger partial charge < -0.3 is 14.5 Å². The molecule has 2 fully saturated rings. The van der Waals surface area contributed by atoms with E-state index in [2.05, 4.69) is 10.2 Å². The Hall–Kier alpha value is -2.18. The smallest absolute Gasteiger partial charge is 0.233 e. The lowest BCUT2D eigenvalue weighted by atomic mass is 9.94. The van der Waals surface area contributed by atoms with Crippen LogP contribution in [-0.4, -0.2) is 64.1 Å². The van der Waals surface area contributed by atoms with Crippen molar-refractivity contribution in [3.8, 4) is 5.88 Å². The maximum absolute atomic E-state index is 12.7. The van der Waals surface area contributed by atoms with E-state index >= 15 is 0 Å². The molecule has 2 aliphatic heterocycles. The first-order chi connectivity index (χ1) is 11.6. The van der Waals surface area contributed by atoms with E-state index in [1.54, 1.807) is 25.3 Å². The summed E-state index contributed by atoms with van der Waals surface area (Å²) in [6.07, 6.45) is 4.88. The van der Waals surface area contributed by atoms with Crippen LogP contribution in [-0.2, 0) is 9.59 Å². The number of rotatable bonds is 3. The third-order valence-electron chi connectivity index (χ3n) is 4.88. The molecule has 0 saturated carbocycles. The molecule has 1 aromatic heterocycles. The Balaban J connectivity index is 1.45. The number of piperidine rings is 2. The molecule has 0 atom stereocenters. The molecule has 0 aliphatic carbocycles. The van der Waals surface area contributed by atoms with Crippen LogP contribution in [0.5, 0.6) is 5.88 Å². The molecular formula is C17H24N4O3. The fourth-order valence-corrected chi connectivity index (χ4v) is 3.41. The number of aromatic nitrogens is 2. The number of carbonyl (C=O) groups excluding carboxylic acids is 2. The summed E-state index contributed by atoms with van der Waals surface area (Å²) < 4.78 is 5.81. The minimum atomic E-state index is 0.0538. The van der Waals surface area contributed by atoms with Crippen molar-refractivity contribution in [2.75, 3.05) is 26.2 Å². The maximum atomic E-state index is 12.7. The molecule has 3 rings (SSSR count). The van der Waals surface area contributed by atoms with Gasteiger partial charge in [-0.15, -0.1) is 5.10 Å². The summed E-state index contributed by atoms with van der Waals surface area (Å²) in [6, 6.07) is 3.60. The molecule has 130 valence electrons. The molecule has 24 heavy (non-hydrogen) atoms. The fourth-order valence-electron chi connectivity index (χ4n) is 3.41. The molecule has 2 amide bonds. The Morgan fingerprint density at radius 3 is 2.33 bits per heavy atom. The van der Waals surface area contributed by atoms with Crippen LogP contribution in [0.2, 0.25) is 0 Å². The molecule has 0 aromatic carbocycles. The highest BCUT2D eigenvalue weighted by Crippen LogP contribution is 2.23. The highest BCUT2D eigenvalue weighted by Gasteiger charge is 2.31. The van der Waals surface area contributed by atoms with Gasteiger partial charge in [-0.1, -0.05) is 0 Å². The third kappa shape index (κ3) is 4.01. The van der Waals surface area contributed by atoms with Crippen molar-refractivity contribution < 1.29 is 14.3 Å². The summed E-state index contributed by atoms with van der Waals surface area (Å²) in [4.78, 5) is 27.8. The van der Waals surface area contributed by atoms with Crippen LogP contribution in [0, 0.1) is 5.92 Å². The summed E-state index contributed by atoms with van der Waals surface area (Å²) in [7, 11) is 0. The SMILES string of the molecule is CC(=O)N1CCC(C(=O)N2CCC(Oc3cccnn3)CC2)CC1. The Bertz CT molecular complexity index is 564. The van der Waals surface area contributed by atoms with Crippen molar-refractivity contribution in [2.45, 2.75) is 38.7 Å². The van der Waals surface area contributed by atoms with Crippen molar-refractivity contribution in [3.63, 3.8) is 0 Å². The molecule has 7 nitrogen and oxygen atoms in total. The number of hydrogen-bond donors (Lipinski definition) is 0. The van der Waals surface area contributed by atoms with Gasteiger partial charge >= 0.3 is 0 Å². The average molecular weight is 332 g/mol. The molecule has 0 spiro atoms. The number of likely N-dealkylation sites (tertiary alicyclic amines) is 2. The summed E-state index contributed by atoms with van der Waals surface area (Å²) in [6.45, 7) is 4.41. The van der Waals surface area contributed by atoms with Crippen molar-refractivity contribution in [1.29, 1.82) is 0 Å². The predicted molar refractivity (Wildman–Crippen MR) is 87.2 cm³/mol. The molecule has 0 N–H and O–H groups in total. The van der Waals surface area contributed by atoms with Crippen LogP contribution in [0.25, 0.3) is 0 Å². The van der Waals surface area contributed by atoms with Gasteiger partial charge in [0, 0.05) is 64.1 Å². The van der Waals surface area contributed by atoms with Gasteiger partial charge in [-0.25, -0.2) is 0 Å². The van der Waals surface area contributed by atoms with Crippen molar-refractivity contribution >= 4 is 11.8 Å². The lowest BCUT2D eigenvalue weighted by Gasteiger charge is -2.37. The number of hydrogen-bond acceptors (Lipinski definition) is 5. The summed E-state index contributed by atoms with van der Waals surface area (Å²) in [5, 5.41) is 7.74. The maximum Gasteiger partial charge on any atom is 0.233 e. The second-order valence-electron chi connectivity index (χ2n) is 6.48. The topological polar surface area (TPSA) is 75.6 Å². The first-order valence-corrected chi connectivity index (χ1v) is 8.62. The van der Waals surface area contributed by atoms with E-state index < -0.39 is 0 Å². The van der Waals surface area contributed by atoms with E-state index in [1.165, 1.54) is 0 Å². The van der Waals surface area contributed by atoms with Gasteiger partial charge in [0.05, 0.1) is 0 Å². The first kappa shape index (κ1) is 16.7. The molecule has 1 aromatic rings. The van der Waals surface area contributed by atoms with Crippen molar-refractivity contribution in [2.24, 2.45) is 5.92 Å². The molecular weight excluding hydrogens is 308 g/mol. The van der Waals surface area contributed by atoms with Crippen LogP contribution in [0.4, 0.5) is 0 Å². The zero-order chi connectivity index (χ0) is 16.9. The van der Waals surface area contributed by atoms with Gasteiger partial charge in [-0.3, -0.25) is 9.59 Å². The van der Waals surface area contributed by atoms with Crippen LogP contribution < -0.4 is 4.74 Å². The monoisotopic (exact) mass is 332 g/mol. The minimum Gasteiger partial charge on any atom is -0.473 e. The van der Waals surface area contributed by atoms with E-state index in [-0.39, 0.29) is 23.8 Å². The highest BCUT2D eigenvalue weighted by molar-refractivity contribution is 5.79. The van der Waals surface area contributed by atoms with E-state index in [0.717, 1.165) is 38.8 Å². The zero-order valence-electron chi connectivity index (χ0n) is 14.1. The minimum absolute atomic E-state index is 0.0538. The van der Waals surface area contributed by atoms with Gasteiger partial charge in [0.15, 0.2) is 0 Å². The second kappa shape index (κ2) is 7.59. The predicted octanol–water partition coefficient (Wildman–Crippen LogP) is 1.10. The van der Waals surface area contributed by atoms with Gasteiger partial charge in [-0.05, 0) is 18.9 Å². The van der Waals surface area contributed by atoms with Crippen LogP contribution in [0.15, 0.2) is 18.3 Å². The molecule has 2 saturated heterocycles.